The molecule has 14 heavy (non-hydrogen) atoms. The van der Waals surface area contributed by atoms with Crippen molar-refractivity contribution in [3.8, 4) is 0 Å². The van der Waals surface area contributed by atoms with E-state index in [1.165, 1.54) is 0 Å². The Kier molecular flexibility index (Phi) is 10.7. The number of nitrogens with two attached hydrogens (primary N) is 1. The Labute approximate surface area is 96.5 Å². The van der Waals surface area contributed by atoms with Crippen molar-refractivity contribution in [1.82, 2.24) is 5.32 Å². The fourth-order valence-electron chi connectivity index (χ4n) is 1.06. The van der Waals surface area contributed by atoms with Crippen molar-refractivity contribution in [3.05, 3.63) is 12.3 Å². The molecule has 0 amide bonds. The topological polar surface area (TPSA) is 70.6 Å². The van der Waals surface area contributed by atoms with Gasteiger partial charge in [0.1, 0.15) is 5.84 Å². The van der Waals surface area contributed by atoms with E-state index in [1.807, 2.05) is 12.3 Å². The maximum absolute atomic E-state index is 8.61. The van der Waals surface area contributed by atoms with Gasteiger partial charge in [-0.1, -0.05) is 0 Å². The van der Waals surface area contributed by atoms with Gasteiger partial charge < -0.3 is 16.2 Å². The van der Waals surface area contributed by atoms with Gasteiger partial charge in [0.05, 0.1) is 6.54 Å². The Hall–Kier alpha value is -0.290. The molecule has 4 nitrogen and oxygen atoms in total. The normalized spacial score (nSPS) is 15.7. The lowest BCUT2D eigenvalue weighted by atomic mass is 10.1. The van der Waals surface area contributed by atoms with Crippen molar-refractivity contribution < 1.29 is 5.11 Å². The number of rotatable bonds is 4. The Morgan fingerprint density at radius 1 is 1.57 bits per heavy atom. The summed E-state index contributed by atoms with van der Waals surface area (Å²) in [6.45, 7) is 0.873. The first kappa shape index (κ1) is 16.2. The number of hydrogen-bond acceptors (Lipinski definition) is 4. The molecule has 0 aromatic carbocycles. The Bertz CT molecular complexity index is 197. The maximum Gasteiger partial charge on any atom is 0.102 e. The molecule has 1 aliphatic heterocycles. The summed E-state index contributed by atoms with van der Waals surface area (Å²) in [5.41, 5.74) is 5.71. The molecule has 1 rings (SSSR count). The molecule has 1 unspecified atom stereocenters. The van der Waals surface area contributed by atoms with Crippen LogP contribution in [0.15, 0.2) is 17.3 Å². The average molecular weight is 242 g/mol. The molecule has 1 atom stereocenters. The van der Waals surface area contributed by atoms with Crippen LogP contribution < -0.4 is 11.1 Å². The number of aliphatic hydroxyl groups is 1. The second-order valence-corrected chi connectivity index (χ2v) is 2.81. The molecule has 0 radical (unpaired) electrons. The van der Waals surface area contributed by atoms with Crippen LogP contribution in [0.25, 0.3) is 0 Å². The molecule has 1 heterocycles. The number of nitrogens with zero attached hydrogens (tertiary/aromatic N) is 1. The molecule has 4 N–H and O–H groups in total. The van der Waals surface area contributed by atoms with Crippen LogP contribution in [0, 0.1) is 0 Å². The third-order valence-corrected chi connectivity index (χ3v) is 1.71. The molecular weight excluding hydrogens is 225 g/mol. The monoisotopic (exact) mass is 241 g/mol. The number of halogens is 2. The summed E-state index contributed by atoms with van der Waals surface area (Å²) in [7, 11) is 0. The Morgan fingerprint density at radius 3 is 2.79 bits per heavy atom. The number of amidine groups is 1. The van der Waals surface area contributed by atoms with Gasteiger partial charge in [0, 0.05) is 19.1 Å². The fraction of sp³-hybridized carbons (Fsp3) is 0.625. The minimum Gasteiger partial charge on any atom is -0.396 e. The van der Waals surface area contributed by atoms with Gasteiger partial charge >= 0.3 is 0 Å². The second-order valence-electron chi connectivity index (χ2n) is 2.81. The summed E-state index contributed by atoms with van der Waals surface area (Å²) in [4.78, 5) is 4.21. The maximum atomic E-state index is 8.61. The standard InChI is InChI=1S/C8H15N3O.2ClH/c9-7(2-5-12)6-8-10-3-1-4-11-8;;/h1,3,7,12H,2,4-6,9H2,(H,10,11);2*1H. The van der Waals surface area contributed by atoms with Crippen LogP contribution in [0.4, 0.5) is 0 Å². The molecule has 0 aromatic heterocycles. The van der Waals surface area contributed by atoms with Gasteiger partial charge in [0.25, 0.3) is 0 Å². The van der Waals surface area contributed by atoms with Gasteiger partial charge in [0.2, 0.25) is 0 Å². The predicted octanol–water partition coefficient (Wildman–Crippen LogP) is 0.445. The molecule has 1 aliphatic rings. The largest absolute Gasteiger partial charge is 0.396 e. The van der Waals surface area contributed by atoms with Crippen LogP contribution in [0.3, 0.4) is 0 Å². The zero-order valence-corrected chi connectivity index (χ0v) is 9.48. The van der Waals surface area contributed by atoms with Crippen LogP contribution in [-0.2, 0) is 0 Å². The summed E-state index contributed by atoms with van der Waals surface area (Å²) < 4.78 is 0. The molecule has 84 valence electrons. The van der Waals surface area contributed by atoms with Crippen molar-refractivity contribution in [3.63, 3.8) is 0 Å². The molecule has 6 heteroatoms. The van der Waals surface area contributed by atoms with Gasteiger partial charge in [-0.3, -0.25) is 4.99 Å². The molecule has 0 fully saturated rings. The lowest BCUT2D eigenvalue weighted by Crippen LogP contribution is -2.31. The summed E-state index contributed by atoms with van der Waals surface area (Å²) in [6.07, 6.45) is 5.16. The molecule has 0 saturated heterocycles. The van der Waals surface area contributed by atoms with E-state index in [-0.39, 0.29) is 37.5 Å². The number of hydrogen-bond donors (Lipinski definition) is 3. The molecular formula is C8H17Cl2N3O. The van der Waals surface area contributed by atoms with Gasteiger partial charge in [-0.05, 0) is 18.7 Å². The third-order valence-electron chi connectivity index (χ3n) is 1.71. The van der Waals surface area contributed by atoms with E-state index in [2.05, 4.69) is 10.3 Å². The van der Waals surface area contributed by atoms with Crippen LogP contribution in [0.5, 0.6) is 0 Å². The lowest BCUT2D eigenvalue weighted by Gasteiger charge is -2.13. The van der Waals surface area contributed by atoms with Gasteiger partial charge in [-0.25, -0.2) is 0 Å². The van der Waals surface area contributed by atoms with Crippen molar-refractivity contribution in [2.75, 3.05) is 13.2 Å². The van der Waals surface area contributed by atoms with Crippen molar-refractivity contribution in [2.24, 2.45) is 10.7 Å². The zero-order valence-electron chi connectivity index (χ0n) is 7.85. The van der Waals surface area contributed by atoms with Gasteiger partial charge in [-0.2, -0.15) is 0 Å². The number of aliphatic imine (C=N–C) groups is 1. The first-order valence-electron chi connectivity index (χ1n) is 4.14. The van der Waals surface area contributed by atoms with Crippen LogP contribution >= 0.6 is 24.8 Å². The van der Waals surface area contributed by atoms with E-state index >= 15 is 0 Å². The smallest absolute Gasteiger partial charge is 0.102 e. The van der Waals surface area contributed by atoms with Crippen molar-refractivity contribution in [1.29, 1.82) is 0 Å². The van der Waals surface area contributed by atoms with E-state index in [9.17, 15) is 0 Å². The Morgan fingerprint density at radius 2 is 2.29 bits per heavy atom. The average Bonchev–Trinajstić information content (AvgIpc) is 2.06. The van der Waals surface area contributed by atoms with Crippen LogP contribution in [-0.4, -0.2) is 30.1 Å². The third kappa shape index (κ3) is 6.21. The Balaban J connectivity index is 0. The highest BCUT2D eigenvalue weighted by molar-refractivity contribution is 5.85. The van der Waals surface area contributed by atoms with E-state index < -0.39 is 0 Å². The van der Waals surface area contributed by atoms with Crippen LogP contribution in [0.2, 0.25) is 0 Å². The van der Waals surface area contributed by atoms with Crippen LogP contribution in [0.1, 0.15) is 12.8 Å². The molecule has 0 bridgehead atoms. The molecule has 0 saturated carbocycles. The lowest BCUT2D eigenvalue weighted by molar-refractivity contribution is 0.276. The SMILES string of the molecule is Cl.Cl.NC(CCO)CC1=NCC=CN1. The first-order valence-corrected chi connectivity index (χ1v) is 4.14. The molecule has 0 spiro atoms. The summed E-state index contributed by atoms with van der Waals surface area (Å²) in [5.74, 6) is 0.915. The van der Waals surface area contributed by atoms with E-state index in [4.69, 9.17) is 10.8 Å². The van der Waals surface area contributed by atoms with E-state index in [0.717, 1.165) is 12.4 Å². The number of nitrogens with one attached hydrogen (secondary N) is 1. The molecule has 0 aromatic rings. The van der Waals surface area contributed by atoms with E-state index in [0.29, 0.717) is 12.8 Å². The summed E-state index contributed by atoms with van der Waals surface area (Å²) in [5, 5.41) is 11.6. The minimum absolute atomic E-state index is 0. The predicted molar refractivity (Wildman–Crippen MR) is 63.4 cm³/mol. The zero-order chi connectivity index (χ0) is 8.81. The van der Waals surface area contributed by atoms with Crippen molar-refractivity contribution >= 4 is 30.6 Å². The molecule has 0 aliphatic carbocycles. The first-order chi connectivity index (χ1) is 5.83. The summed E-state index contributed by atoms with van der Waals surface area (Å²) >= 11 is 0. The van der Waals surface area contributed by atoms with Gasteiger partial charge in [-0.15, -0.1) is 24.8 Å². The van der Waals surface area contributed by atoms with Crippen molar-refractivity contribution in [2.45, 2.75) is 18.9 Å². The quantitative estimate of drug-likeness (QED) is 0.670. The minimum atomic E-state index is 0. The summed E-state index contributed by atoms with van der Waals surface area (Å²) in [6, 6.07) is 0.00718. The highest BCUT2D eigenvalue weighted by atomic mass is 35.5. The highest BCUT2D eigenvalue weighted by Gasteiger charge is 2.06. The second kappa shape index (κ2) is 9.27. The fourth-order valence-corrected chi connectivity index (χ4v) is 1.06. The number of aliphatic hydroxyl groups excluding tert-OH is 1. The highest BCUT2D eigenvalue weighted by Crippen LogP contribution is 1.97. The van der Waals surface area contributed by atoms with E-state index in [1.54, 1.807) is 0 Å². The van der Waals surface area contributed by atoms with Gasteiger partial charge in [0.15, 0.2) is 0 Å².